The molecule has 22 heavy (non-hydrogen) atoms. The van der Waals surface area contributed by atoms with Crippen molar-refractivity contribution in [2.45, 2.75) is 51.2 Å². The zero-order valence-corrected chi connectivity index (χ0v) is 13.2. The van der Waals surface area contributed by atoms with Crippen LogP contribution in [0.2, 0.25) is 0 Å². The summed E-state index contributed by atoms with van der Waals surface area (Å²) < 4.78 is 13.2. The molecule has 0 aromatic heterocycles. The Morgan fingerprint density at radius 2 is 2.05 bits per heavy atom. The molecule has 0 heterocycles. The minimum Gasteiger partial charge on any atom is -0.388 e. The molecule has 0 saturated heterocycles. The number of hydrogen-bond donors (Lipinski definition) is 3. The van der Waals surface area contributed by atoms with Gasteiger partial charge in [-0.2, -0.15) is 0 Å². The molecule has 0 unspecified atom stereocenters. The number of aliphatic imine (C=N–C) groups is 1. The molecule has 1 aliphatic rings. The topological polar surface area (TPSA) is 56.7 Å². The van der Waals surface area contributed by atoms with Gasteiger partial charge in [0, 0.05) is 13.1 Å². The lowest BCUT2D eigenvalue weighted by atomic mass is 9.85. The summed E-state index contributed by atoms with van der Waals surface area (Å²) in [6.07, 6.45) is 5.03. The average Bonchev–Trinajstić information content (AvgIpc) is 2.51. The van der Waals surface area contributed by atoms with Gasteiger partial charge in [0.05, 0.1) is 12.1 Å². The van der Waals surface area contributed by atoms with Gasteiger partial charge in [0.2, 0.25) is 0 Å². The third-order valence-corrected chi connectivity index (χ3v) is 4.02. The molecule has 1 aromatic rings. The molecule has 1 saturated carbocycles. The number of rotatable bonds is 5. The lowest BCUT2D eigenvalue weighted by Gasteiger charge is -2.32. The molecular formula is C17H26FN3O. The first kappa shape index (κ1) is 16.7. The van der Waals surface area contributed by atoms with Gasteiger partial charge in [0.1, 0.15) is 5.82 Å². The van der Waals surface area contributed by atoms with Gasteiger partial charge in [-0.15, -0.1) is 0 Å². The predicted molar refractivity (Wildman–Crippen MR) is 87.3 cm³/mol. The van der Waals surface area contributed by atoms with Crippen LogP contribution in [0, 0.1) is 5.82 Å². The fourth-order valence-electron chi connectivity index (χ4n) is 2.78. The van der Waals surface area contributed by atoms with Crippen molar-refractivity contribution in [1.29, 1.82) is 0 Å². The Bertz CT molecular complexity index is 498. The van der Waals surface area contributed by atoms with E-state index in [4.69, 9.17) is 0 Å². The van der Waals surface area contributed by atoms with Gasteiger partial charge in [-0.25, -0.2) is 9.38 Å². The lowest BCUT2D eigenvalue weighted by molar-refractivity contribution is 0.00859. The highest BCUT2D eigenvalue weighted by atomic mass is 19.1. The number of guanidine groups is 1. The summed E-state index contributed by atoms with van der Waals surface area (Å²) in [5.41, 5.74) is 0.196. The van der Waals surface area contributed by atoms with Crippen LogP contribution in [0.3, 0.4) is 0 Å². The van der Waals surface area contributed by atoms with Crippen LogP contribution in [0.25, 0.3) is 0 Å². The van der Waals surface area contributed by atoms with Gasteiger partial charge in [0.25, 0.3) is 0 Å². The molecule has 1 aromatic carbocycles. The van der Waals surface area contributed by atoms with Gasteiger partial charge >= 0.3 is 0 Å². The fraction of sp³-hybridized carbons (Fsp3) is 0.588. The zero-order valence-electron chi connectivity index (χ0n) is 13.2. The number of halogens is 1. The quantitative estimate of drug-likeness (QED) is 0.579. The van der Waals surface area contributed by atoms with Gasteiger partial charge in [-0.3, -0.25) is 0 Å². The third kappa shape index (κ3) is 5.30. The molecule has 1 fully saturated rings. The largest absolute Gasteiger partial charge is 0.388 e. The Kier molecular flexibility index (Phi) is 6.19. The minimum atomic E-state index is -0.632. The van der Waals surface area contributed by atoms with Crippen LogP contribution in [0.15, 0.2) is 29.3 Å². The molecule has 1 aliphatic carbocycles. The van der Waals surface area contributed by atoms with Crippen LogP contribution in [-0.4, -0.2) is 29.8 Å². The number of nitrogens with zero attached hydrogens (tertiary/aromatic N) is 1. The van der Waals surface area contributed by atoms with E-state index < -0.39 is 5.60 Å². The van der Waals surface area contributed by atoms with E-state index in [0.29, 0.717) is 19.0 Å². The first-order chi connectivity index (χ1) is 10.6. The summed E-state index contributed by atoms with van der Waals surface area (Å²) in [5.74, 6) is 0.410. The Hall–Kier alpha value is -1.62. The smallest absolute Gasteiger partial charge is 0.191 e. The van der Waals surface area contributed by atoms with Gasteiger partial charge in [-0.1, -0.05) is 31.4 Å². The van der Waals surface area contributed by atoms with Gasteiger partial charge in [0.15, 0.2) is 5.96 Å². The maximum atomic E-state index is 13.2. The molecule has 0 spiro atoms. The van der Waals surface area contributed by atoms with E-state index in [9.17, 15) is 9.50 Å². The van der Waals surface area contributed by atoms with Crippen LogP contribution in [0.5, 0.6) is 0 Å². The summed E-state index contributed by atoms with van der Waals surface area (Å²) in [5, 5.41) is 16.9. The third-order valence-electron chi connectivity index (χ3n) is 4.02. The van der Waals surface area contributed by atoms with Gasteiger partial charge < -0.3 is 15.7 Å². The number of benzene rings is 1. The SMILES string of the molecule is CCNC(=NCc1cccc(F)c1)NCC1(O)CCCCC1. The normalized spacial score (nSPS) is 18.0. The summed E-state index contributed by atoms with van der Waals surface area (Å²) in [7, 11) is 0. The molecule has 4 nitrogen and oxygen atoms in total. The molecule has 122 valence electrons. The van der Waals surface area contributed by atoms with Crippen LogP contribution in [0.4, 0.5) is 4.39 Å². The highest BCUT2D eigenvalue weighted by Crippen LogP contribution is 2.27. The second-order valence-corrected chi connectivity index (χ2v) is 5.96. The van der Waals surface area contributed by atoms with E-state index in [1.165, 1.54) is 18.6 Å². The van der Waals surface area contributed by atoms with Crippen LogP contribution in [-0.2, 0) is 6.54 Å². The molecule has 2 rings (SSSR count). The van der Waals surface area contributed by atoms with Gasteiger partial charge in [-0.05, 0) is 37.5 Å². The van der Waals surface area contributed by atoms with Crippen molar-refractivity contribution in [3.63, 3.8) is 0 Å². The first-order valence-electron chi connectivity index (χ1n) is 8.10. The molecule has 3 N–H and O–H groups in total. The second-order valence-electron chi connectivity index (χ2n) is 5.96. The van der Waals surface area contributed by atoms with Crippen LogP contribution in [0.1, 0.15) is 44.6 Å². The molecular weight excluding hydrogens is 281 g/mol. The number of hydrogen-bond acceptors (Lipinski definition) is 2. The van der Waals surface area contributed by atoms with E-state index in [0.717, 1.165) is 37.8 Å². The zero-order chi connectivity index (χ0) is 15.8. The van der Waals surface area contributed by atoms with E-state index in [-0.39, 0.29) is 5.82 Å². The summed E-state index contributed by atoms with van der Waals surface area (Å²) in [6.45, 7) is 3.65. The Morgan fingerprint density at radius 1 is 1.27 bits per heavy atom. The Labute approximate surface area is 131 Å². The summed E-state index contributed by atoms with van der Waals surface area (Å²) in [6, 6.07) is 6.45. The molecule has 0 aliphatic heterocycles. The molecule has 0 radical (unpaired) electrons. The standard InChI is InChI=1S/C17H26FN3O/c1-2-19-16(20-12-14-7-6-8-15(18)11-14)21-13-17(22)9-4-3-5-10-17/h6-8,11,22H,2-5,9-10,12-13H2,1H3,(H2,19,20,21). The summed E-state index contributed by atoms with van der Waals surface area (Å²) in [4.78, 5) is 4.46. The molecule has 0 amide bonds. The van der Waals surface area contributed by atoms with Crippen molar-refractivity contribution in [1.82, 2.24) is 10.6 Å². The molecule has 5 heteroatoms. The van der Waals surface area contributed by atoms with Crippen molar-refractivity contribution < 1.29 is 9.50 Å². The first-order valence-corrected chi connectivity index (χ1v) is 8.10. The lowest BCUT2D eigenvalue weighted by Crippen LogP contribution is -2.48. The number of nitrogens with one attached hydrogen (secondary N) is 2. The second kappa shape index (κ2) is 8.13. The Balaban J connectivity index is 1.92. The Morgan fingerprint density at radius 3 is 2.73 bits per heavy atom. The molecule has 0 bridgehead atoms. The highest BCUT2D eigenvalue weighted by Gasteiger charge is 2.29. The van der Waals surface area contributed by atoms with Crippen molar-refractivity contribution in [3.8, 4) is 0 Å². The van der Waals surface area contributed by atoms with E-state index in [1.807, 2.05) is 13.0 Å². The molecule has 0 atom stereocenters. The monoisotopic (exact) mass is 307 g/mol. The maximum Gasteiger partial charge on any atom is 0.191 e. The average molecular weight is 307 g/mol. The van der Waals surface area contributed by atoms with E-state index in [1.54, 1.807) is 6.07 Å². The minimum absolute atomic E-state index is 0.248. The number of aliphatic hydroxyl groups is 1. The summed E-state index contributed by atoms with van der Waals surface area (Å²) >= 11 is 0. The van der Waals surface area contributed by atoms with Crippen molar-refractivity contribution in [3.05, 3.63) is 35.6 Å². The van der Waals surface area contributed by atoms with Crippen molar-refractivity contribution in [2.24, 2.45) is 4.99 Å². The van der Waals surface area contributed by atoms with Crippen LogP contribution >= 0.6 is 0 Å². The van der Waals surface area contributed by atoms with E-state index in [2.05, 4.69) is 15.6 Å². The van der Waals surface area contributed by atoms with Crippen LogP contribution < -0.4 is 10.6 Å². The van der Waals surface area contributed by atoms with Crippen molar-refractivity contribution >= 4 is 5.96 Å². The maximum absolute atomic E-state index is 13.2. The van der Waals surface area contributed by atoms with E-state index >= 15 is 0 Å². The highest BCUT2D eigenvalue weighted by molar-refractivity contribution is 5.79. The van der Waals surface area contributed by atoms with Crippen molar-refractivity contribution in [2.75, 3.05) is 13.1 Å². The fourth-order valence-corrected chi connectivity index (χ4v) is 2.78. The predicted octanol–water partition coefficient (Wildman–Crippen LogP) is 2.58.